The number of aryl methyl sites for hydroxylation is 2. The van der Waals surface area contributed by atoms with Gasteiger partial charge in [-0.1, -0.05) is 0 Å². The van der Waals surface area contributed by atoms with Crippen molar-refractivity contribution in [3.63, 3.8) is 0 Å². The van der Waals surface area contributed by atoms with Crippen LogP contribution < -0.4 is 5.32 Å². The van der Waals surface area contributed by atoms with Crippen LogP contribution in [0.4, 0.5) is 0 Å². The number of nitrogens with one attached hydrogen (secondary N) is 1. The fourth-order valence-electron chi connectivity index (χ4n) is 2.65. The number of rotatable bonds is 3. The molecule has 1 aliphatic heterocycles. The zero-order chi connectivity index (χ0) is 13.3. The van der Waals surface area contributed by atoms with Crippen LogP contribution in [0.3, 0.4) is 0 Å². The minimum Gasteiger partial charge on any atom is -0.311 e. The first kappa shape index (κ1) is 13.6. The van der Waals surface area contributed by atoms with Gasteiger partial charge in [-0.25, -0.2) is 0 Å². The van der Waals surface area contributed by atoms with Gasteiger partial charge in [0, 0.05) is 37.8 Å². The Bertz CT molecular complexity index is 408. The van der Waals surface area contributed by atoms with Gasteiger partial charge >= 0.3 is 0 Å². The maximum Gasteiger partial charge on any atom is 0.0597 e. The molecule has 0 amide bonds. The fraction of sp³-hybridized carbons (Fsp3) is 0.786. The van der Waals surface area contributed by atoms with E-state index in [0.717, 1.165) is 31.9 Å². The first-order valence-electron chi connectivity index (χ1n) is 6.94. The first-order valence-corrected chi connectivity index (χ1v) is 6.94. The molecule has 1 aliphatic rings. The van der Waals surface area contributed by atoms with Crippen molar-refractivity contribution >= 4 is 0 Å². The molecule has 4 nitrogen and oxygen atoms in total. The fourth-order valence-corrected chi connectivity index (χ4v) is 2.65. The highest BCUT2D eigenvalue weighted by Crippen LogP contribution is 2.21. The van der Waals surface area contributed by atoms with E-state index in [4.69, 9.17) is 0 Å². The Kier molecular flexibility index (Phi) is 3.78. The van der Waals surface area contributed by atoms with Gasteiger partial charge < -0.3 is 5.32 Å². The van der Waals surface area contributed by atoms with Crippen LogP contribution in [0, 0.1) is 6.92 Å². The standard InChI is InChI=1S/C14H26N4/c1-6-18-13(7-11(2)16-18)9-17-8-12(3)15-10-14(17,4)5/h7,12,15H,6,8-10H2,1-5H3. The monoisotopic (exact) mass is 250 g/mol. The predicted molar refractivity (Wildman–Crippen MR) is 74.6 cm³/mol. The van der Waals surface area contributed by atoms with E-state index in [1.165, 1.54) is 5.69 Å². The lowest BCUT2D eigenvalue weighted by atomic mass is 9.97. The van der Waals surface area contributed by atoms with E-state index in [0.29, 0.717) is 6.04 Å². The van der Waals surface area contributed by atoms with E-state index >= 15 is 0 Å². The van der Waals surface area contributed by atoms with Crippen LogP contribution in [0.1, 0.15) is 39.1 Å². The van der Waals surface area contributed by atoms with E-state index in [1.807, 2.05) is 0 Å². The summed E-state index contributed by atoms with van der Waals surface area (Å²) in [5.41, 5.74) is 2.66. The molecule has 0 saturated carbocycles. The topological polar surface area (TPSA) is 33.1 Å². The average Bonchev–Trinajstić information content (AvgIpc) is 2.65. The summed E-state index contributed by atoms with van der Waals surface area (Å²) in [5.74, 6) is 0. The lowest BCUT2D eigenvalue weighted by Gasteiger charge is -2.45. The quantitative estimate of drug-likeness (QED) is 0.888. The second-order valence-corrected chi connectivity index (χ2v) is 6.07. The van der Waals surface area contributed by atoms with Gasteiger partial charge in [-0.2, -0.15) is 5.10 Å². The normalized spacial score (nSPS) is 24.4. The van der Waals surface area contributed by atoms with Crippen molar-refractivity contribution in [3.8, 4) is 0 Å². The van der Waals surface area contributed by atoms with Crippen molar-refractivity contribution in [2.24, 2.45) is 0 Å². The summed E-state index contributed by atoms with van der Waals surface area (Å²) in [5, 5.41) is 8.09. The van der Waals surface area contributed by atoms with E-state index in [2.05, 4.69) is 60.7 Å². The number of hydrogen-bond donors (Lipinski definition) is 1. The van der Waals surface area contributed by atoms with Gasteiger partial charge in [0.05, 0.1) is 11.4 Å². The molecule has 1 unspecified atom stereocenters. The van der Waals surface area contributed by atoms with Crippen molar-refractivity contribution in [1.82, 2.24) is 20.0 Å². The largest absolute Gasteiger partial charge is 0.311 e. The Morgan fingerprint density at radius 1 is 1.50 bits per heavy atom. The van der Waals surface area contributed by atoms with Crippen LogP contribution in [-0.4, -0.2) is 39.4 Å². The maximum absolute atomic E-state index is 4.54. The summed E-state index contributed by atoms with van der Waals surface area (Å²) < 4.78 is 2.12. The van der Waals surface area contributed by atoms with Gasteiger partial charge in [-0.05, 0) is 40.7 Å². The second-order valence-electron chi connectivity index (χ2n) is 6.07. The maximum atomic E-state index is 4.54. The van der Waals surface area contributed by atoms with Crippen molar-refractivity contribution < 1.29 is 0 Å². The molecule has 0 aliphatic carbocycles. The molecule has 18 heavy (non-hydrogen) atoms. The molecule has 2 rings (SSSR count). The SMILES string of the molecule is CCn1nc(C)cc1CN1CC(C)NCC1(C)C. The Morgan fingerprint density at radius 2 is 2.22 bits per heavy atom. The Morgan fingerprint density at radius 3 is 2.89 bits per heavy atom. The molecule has 2 heterocycles. The molecule has 102 valence electrons. The van der Waals surface area contributed by atoms with Crippen LogP contribution in [0.2, 0.25) is 0 Å². The van der Waals surface area contributed by atoms with Gasteiger partial charge in [0.25, 0.3) is 0 Å². The lowest BCUT2D eigenvalue weighted by Crippen LogP contribution is -2.60. The molecule has 4 heteroatoms. The molecule has 1 fully saturated rings. The molecule has 1 saturated heterocycles. The van der Waals surface area contributed by atoms with Crippen LogP contribution in [-0.2, 0) is 13.1 Å². The minimum absolute atomic E-state index is 0.212. The Hall–Kier alpha value is -0.870. The Labute approximate surface area is 110 Å². The highest BCUT2D eigenvalue weighted by Gasteiger charge is 2.32. The molecular weight excluding hydrogens is 224 g/mol. The smallest absolute Gasteiger partial charge is 0.0597 e. The number of aromatic nitrogens is 2. The van der Waals surface area contributed by atoms with E-state index in [-0.39, 0.29) is 5.54 Å². The zero-order valence-electron chi connectivity index (χ0n) is 12.3. The van der Waals surface area contributed by atoms with Gasteiger partial charge in [-0.15, -0.1) is 0 Å². The van der Waals surface area contributed by atoms with Crippen molar-refractivity contribution in [2.75, 3.05) is 13.1 Å². The molecule has 1 N–H and O–H groups in total. The molecule has 1 aromatic rings. The summed E-state index contributed by atoms with van der Waals surface area (Å²) in [6.45, 7) is 15.2. The van der Waals surface area contributed by atoms with Gasteiger partial charge in [0.15, 0.2) is 0 Å². The molecule has 0 radical (unpaired) electrons. The molecular formula is C14H26N4. The summed E-state index contributed by atoms with van der Waals surface area (Å²) in [6.07, 6.45) is 0. The first-order chi connectivity index (χ1) is 8.42. The van der Waals surface area contributed by atoms with Crippen molar-refractivity contribution in [1.29, 1.82) is 0 Å². The molecule has 0 aromatic carbocycles. The summed E-state index contributed by atoms with van der Waals surface area (Å²) >= 11 is 0. The highest BCUT2D eigenvalue weighted by molar-refractivity contribution is 5.10. The molecule has 0 bridgehead atoms. The second kappa shape index (κ2) is 5.02. The Balaban J connectivity index is 2.15. The predicted octanol–water partition coefficient (Wildman–Crippen LogP) is 1.78. The van der Waals surface area contributed by atoms with Gasteiger partial charge in [0.1, 0.15) is 0 Å². The van der Waals surface area contributed by atoms with Gasteiger partial charge in [0.2, 0.25) is 0 Å². The molecule has 1 atom stereocenters. The third-order valence-corrected chi connectivity index (χ3v) is 3.87. The summed E-state index contributed by atoms with van der Waals surface area (Å²) in [6, 6.07) is 2.78. The van der Waals surface area contributed by atoms with Gasteiger partial charge in [-0.3, -0.25) is 9.58 Å². The number of nitrogens with zero attached hydrogens (tertiary/aromatic N) is 3. The molecule has 0 spiro atoms. The lowest BCUT2D eigenvalue weighted by molar-refractivity contribution is 0.0601. The minimum atomic E-state index is 0.212. The van der Waals surface area contributed by atoms with Crippen LogP contribution >= 0.6 is 0 Å². The number of hydrogen-bond acceptors (Lipinski definition) is 3. The van der Waals surface area contributed by atoms with Crippen LogP contribution in [0.15, 0.2) is 6.07 Å². The third kappa shape index (κ3) is 2.75. The summed E-state index contributed by atoms with van der Waals surface area (Å²) in [7, 11) is 0. The summed E-state index contributed by atoms with van der Waals surface area (Å²) in [4.78, 5) is 2.57. The third-order valence-electron chi connectivity index (χ3n) is 3.87. The average molecular weight is 250 g/mol. The zero-order valence-corrected chi connectivity index (χ0v) is 12.3. The highest BCUT2D eigenvalue weighted by atomic mass is 15.3. The van der Waals surface area contributed by atoms with Crippen LogP contribution in [0.5, 0.6) is 0 Å². The molecule has 1 aromatic heterocycles. The van der Waals surface area contributed by atoms with E-state index in [9.17, 15) is 0 Å². The van der Waals surface area contributed by atoms with E-state index < -0.39 is 0 Å². The van der Waals surface area contributed by atoms with E-state index in [1.54, 1.807) is 0 Å². The van der Waals surface area contributed by atoms with Crippen molar-refractivity contribution in [2.45, 2.75) is 59.3 Å². The van der Waals surface area contributed by atoms with Crippen molar-refractivity contribution in [3.05, 3.63) is 17.5 Å². The number of piperazine rings is 1. The van der Waals surface area contributed by atoms with Crippen LogP contribution in [0.25, 0.3) is 0 Å².